The van der Waals surface area contributed by atoms with Crippen molar-refractivity contribution in [3.8, 4) is 11.4 Å². The van der Waals surface area contributed by atoms with Gasteiger partial charge in [-0.15, -0.1) is 10.2 Å². The van der Waals surface area contributed by atoms with Gasteiger partial charge in [0, 0.05) is 31.7 Å². The normalized spacial score (nSPS) is 14.1. The Morgan fingerprint density at radius 2 is 1.71 bits per heavy atom. The summed E-state index contributed by atoms with van der Waals surface area (Å²) in [4.78, 5) is 27.8. The minimum absolute atomic E-state index is 0.0259. The van der Waals surface area contributed by atoms with Crippen LogP contribution in [0, 0.1) is 6.92 Å². The van der Waals surface area contributed by atoms with Crippen LogP contribution in [0.3, 0.4) is 0 Å². The molecule has 31 heavy (non-hydrogen) atoms. The van der Waals surface area contributed by atoms with Gasteiger partial charge in [-0.2, -0.15) is 9.61 Å². The molecule has 9 nitrogen and oxygen atoms in total. The van der Waals surface area contributed by atoms with E-state index in [1.165, 1.54) is 17.3 Å². The largest absolute Gasteiger partial charge is 0.450 e. The number of fused-ring (bicyclic) bond motifs is 1. The van der Waals surface area contributed by atoms with E-state index in [1.807, 2.05) is 43.3 Å². The summed E-state index contributed by atoms with van der Waals surface area (Å²) in [5.74, 6) is 0.969. The molecule has 1 fully saturated rings. The Labute approximate surface area is 184 Å². The van der Waals surface area contributed by atoms with Gasteiger partial charge in [-0.3, -0.25) is 4.79 Å². The zero-order valence-electron chi connectivity index (χ0n) is 17.5. The lowest BCUT2D eigenvalue weighted by Gasteiger charge is -2.34. The van der Waals surface area contributed by atoms with Crippen molar-refractivity contribution in [2.75, 3.05) is 38.5 Å². The maximum Gasteiger partial charge on any atom is 0.409 e. The molecule has 0 aliphatic carbocycles. The monoisotopic (exact) mass is 440 g/mol. The average Bonchev–Trinajstić information content (AvgIpc) is 3.21. The molecular weight excluding hydrogens is 416 g/mol. The lowest BCUT2D eigenvalue weighted by atomic mass is 10.1. The fraction of sp³-hybridized carbons (Fsp3) is 0.381. The number of rotatable bonds is 5. The van der Waals surface area contributed by atoms with E-state index in [9.17, 15) is 9.59 Å². The summed E-state index contributed by atoms with van der Waals surface area (Å²) in [5.41, 5.74) is 2.76. The van der Waals surface area contributed by atoms with Gasteiger partial charge in [-0.1, -0.05) is 41.6 Å². The van der Waals surface area contributed by atoms with Crippen LogP contribution in [0.15, 0.2) is 41.4 Å². The van der Waals surface area contributed by atoms with E-state index in [1.54, 1.807) is 21.2 Å². The van der Waals surface area contributed by atoms with Crippen LogP contribution in [0.1, 0.15) is 12.5 Å². The van der Waals surface area contributed by atoms with E-state index >= 15 is 0 Å². The van der Waals surface area contributed by atoms with Crippen LogP contribution >= 0.6 is 11.8 Å². The maximum atomic E-state index is 12.6. The number of thioether (sulfide) groups is 1. The first kappa shape index (κ1) is 21.1. The van der Waals surface area contributed by atoms with Crippen molar-refractivity contribution in [3.63, 3.8) is 0 Å². The summed E-state index contributed by atoms with van der Waals surface area (Å²) in [6.07, 6.45) is -0.320. The Morgan fingerprint density at radius 1 is 1.00 bits per heavy atom. The van der Waals surface area contributed by atoms with Crippen molar-refractivity contribution < 1.29 is 14.3 Å². The quantitative estimate of drug-likeness (QED) is 0.563. The second-order valence-corrected chi connectivity index (χ2v) is 8.18. The number of piperazine rings is 1. The highest BCUT2D eigenvalue weighted by Crippen LogP contribution is 2.21. The van der Waals surface area contributed by atoms with Gasteiger partial charge in [-0.05, 0) is 26.0 Å². The molecule has 10 heteroatoms. The van der Waals surface area contributed by atoms with E-state index in [2.05, 4.69) is 15.3 Å². The Bertz CT molecular complexity index is 1080. The van der Waals surface area contributed by atoms with E-state index in [4.69, 9.17) is 4.74 Å². The number of benzene rings is 1. The topological polar surface area (TPSA) is 92.9 Å². The van der Waals surface area contributed by atoms with Crippen molar-refractivity contribution >= 4 is 29.4 Å². The molecule has 0 spiro atoms. The van der Waals surface area contributed by atoms with Crippen LogP contribution < -0.4 is 0 Å². The molecule has 0 N–H and O–H groups in total. The second kappa shape index (κ2) is 9.34. The van der Waals surface area contributed by atoms with Crippen molar-refractivity contribution in [2.24, 2.45) is 0 Å². The van der Waals surface area contributed by atoms with E-state index in [0.717, 1.165) is 10.6 Å². The molecule has 162 valence electrons. The number of aryl methyl sites for hydroxylation is 1. The first-order valence-electron chi connectivity index (χ1n) is 10.2. The molecule has 2 aromatic heterocycles. The summed E-state index contributed by atoms with van der Waals surface area (Å²) in [5, 5.41) is 13.8. The van der Waals surface area contributed by atoms with E-state index < -0.39 is 0 Å². The third-order valence-corrected chi connectivity index (χ3v) is 5.95. The zero-order chi connectivity index (χ0) is 21.8. The number of amides is 2. The molecule has 1 aliphatic rings. The molecule has 3 aromatic rings. The molecule has 3 heterocycles. The first-order chi connectivity index (χ1) is 15.0. The summed E-state index contributed by atoms with van der Waals surface area (Å²) >= 11 is 1.38. The van der Waals surface area contributed by atoms with Crippen LogP contribution in [0.5, 0.6) is 0 Å². The standard InChI is InChI=1S/C21H24N6O3S/c1-3-30-21(29)26-12-10-25(11-13-26)19(28)14-31-18-9-8-17-22-23-20(27(17)24-18)16-6-4-15(2)5-7-16/h4-9H,3,10-14H2,1-2H3. The minimum atomic E-state index is -0.320. The van der Waals surface area contributed by atoms with Crippen molar-refractivity contribution in [1.82, 2.24) is 29.6 Å². The highest BCUT2D eigenvalue weighted by Gasteiger charge is 2.24. The zero-order valence-corrected chi connectivity index (χ0v) is 18.3. The number of ether oxygens (including phenoxy) is 1. The number of nitrogens with zero attached hydrogens (tertiary/aromatic N) is 6. The summed E-state index contributed by atoms with van der Waals surface area (Å²) in [6.45, 7) is 6.15. The smallest absolute Gasteiger partial charge is 0.409 e. The SMILES string of the molecule is CCOC(=O)N1CCN(C(=O)CSc2ccc3nnc(-c4ccc(C)cc4)n3n2)CC1. The Morgan fingerprint density at radius 3 is 2.42 bits per heavy atom. The van der Waals surface area contributed by atoms with Gasteiger partial charge in [0.25, 0.3) is 0 Å². The van der Waals surface area contributed by atoms with Crippen LogP contribution in [-0.2, 0) is 9.53 Å². The molecule has 0 unspecified atom stereocenters. The molecule has 0 bridgehead atoms. The first-order valence-corrected chi connectivity index (χ1v) is 11.2. The molecule has 0 radical (unpaired) electrons. The molecule has 2 amide bonds. The lowest BCUT2D eigenvalue weighted by Crippen LogP contribution is -2.51. The van der Waals surface area contributed by atoms with Gasteiger partial charge in [-0.25, -0.2) is 4.79 Å². The molecular formula is C21H24N6O3S. The maximum absolute atomic E-state index is 12.6. The number of hydrogen-bond acceptors (Lipinski definition) is 7. The van der Waals surface area contributed by atoms with Crippen molar-refractivity contribution in [2.45, 2.75) is 18.9 Å². The van der Waals surface area contributed by atoms with Gasteiger partial charge in [0.1, 0.15) is 5.03 Å². The van der Waals surface area contributed by atoms with Crippen molar-refractivity contribution in [1.29, 1.82) is 0 Å². The summed E-state index contributed by atoms with van der Waals surface area (Å²) in [7, 11) is 0. The fourth-order valence-electron chi connectivity index (χ4n) is 3.31. The summed E-state index contributed by atoms with van der Waals surface area (Å²) in [6, 6.07) is 11.7. The molecule has 4 rings (SSSR count). The van der Waals surface area contributed by atoms with Crippen LogP contribution in [0.4, 0.5) is 4.79 Å². The molecule has 1 aromatic carbocycles. The molecule has 0 saturated carbocycles. The minimum Gasteiger partial charge on any atom is -0.450 e. The van der Waals surface area contributed by atoms with Gasteiger partial charge in [0.2, 0.25) is 5.91 Å². The van der Waals surface area contributed by atoms with Crippen LogP contribution in [-0.4, -0.2) is 80.2 Å². The predicted molar refractivity (Wildman–Crippen MR) is 117 cm³/mol. The fourth-order valence-corrected chi connectivity index (χ4v) is 4.07. The number of carbonyl (C=O) groups is 2. The van der Waals surface area contributed by atoms with Gasteiger partial charge < -0.3 is 14.5 Å². The Hall–Kier alpha value is -3.14. The number of carbonyl (C=O) groups excluding carboxylic acids is 2. The van der Waals surface area contributed by atoms with Gasteiger partial charge in [0.15, 0.2) is 11.5 Å². The lowest BCUT2D eigenvalue weighted by molar-refractivity contribution is -0.129. The summed E-state index contributed by atoms with van der Waals surface area (Å²) < 4.78 is 6.72. The van der Waals surface area contributed by atoms with Crippen LogP contribution in [0.2, 0.25) is 0 Å². The van der Waals surface area contributed by atoms with Crippen LogP contribution in [0.25, 0.3) is 17.0 Å². The van der Waals surface area contributed by atoms with Crippen molar-refractivity contribution in [3.05, 3.63) is 42.0 Å². The molecule has 1 aliphatic heterocycles. The predicted octanol–water partition coefficient (Wildman–Crippen LogP) is 2.49. The third kappa shape index (κ3) is 4.79. The third-order valence-electron chi connectivity index (χ3n) is 5.05. The van der Waals surface area contributed by atoms with E-state index in [0.29, 0.717) is 44.3 Å². The van der Waals surface area contributed by atoms with Gasteiger partial charge in [0.05, 0.1) is 12.4 Å². The Balaban J connectivity index is 1.38. The highest BCUT2D eigenvalue weighted by atomic mass is 32.2. The van der Waals surface area contributed by atoms with E-state index in [-0.39, 0.29) is 17.8 Å². The molecule has 0 atom stereocenters. The molecule has 1 saturated heterocycles. The second-order valence-electron chi connectivity index (χ2n) is 7.19. The number of hydrogen-bond donors (Lipinski definition) is 0. The highest BCUT2D eigenvalue weighted by molar-refractivity contribution is 7.99. The average molecular weight is 441 g/mol. The number of aromatic nitrogens is 4. The Kier molecular flexibility index (Phi) is 6.36. The van der Waals surface area contributed by atoms with Gasteiger partial charge >= 0.3 is 6.09 Å².